The van der Waals surface area contributed by atoms with E-state index < -0.39 is 29.7 Å². The molecule has 2 aromatic rings. The van der Waals surface area contributed by atoms with Gasteiger partial charge in [0.15, 0.2) is 11.5 Å². The van der Waals surface area contributed by atoms with Crippen molar-refractivity contribution in [2.45, 2.75) is 25.1 Å². The molecule has 6 nitrogen and oxygen atoms in total. The van der Waals surface area contributed by atoms with E-state index in [-0.39, 0.29) is 23.6 Å². The van der Waals surface area contributed by atoms with Gasteiger partial charge in [0.05, 0.1) is 38.9 Å². The lowest BCUT2D eigenvalue weighted by molar-refractivity contribution is -0.144. The number of nitrogens with zero attached hydrogens (tertiary/aromatic N) is 1. The monoisotopic (exact) mass is 453 g/mol. The number of ether oxygens (including phenoxy) is 3. The Morgan fingerprint density at radius 2 is 1.72 bits per heavy atom. The predicted molar refractivity (Wildman–Crippen MR) is 111 cm³/mol. The number of hydrogen-bond acceptors (Lipinski definition) is 5. The molecule has 0 saturated carbocycles. The van der Waals surface area contributed by atoms with Crippen LogP contribution in [0.2, 0.25) is 0 Å². The first kappa shape index (κ1) is 23.7. The van der Waals surface area contributed by atoms with E-state index in [2.05, 4.69) is 0 Å². The molecule has 1 saturated heterocycles. The van der Waals surface area contributed by atoms with Crippen LogP contribution in [0.1, 0.15) is 35.6 Å². The lowest BCUT2D eigenvalue weighted by Gasteiger charge is -2.39. The first-order valence-electron chi connectivity index (χ1n) is 10.1. The van der Waals surface area contributed by atoms with Crippen LogP contribution in [0.25, 0.3) is 0 Å². The fourth-order valence-electron chi connectivity index (χ4n) is 4.34. The molecule has 2 aromatic carbocycles. The van der Waals surface area contributed by atoms with Gasteiger partial charge in [0.25, 0.3) is 0 Å². The number of benzene rings is 2. The Labute approximate surface area is 184 Å². The third-order valence-corrected chi connectivity index (χ3v) is 5.76. The first-order valence-corrected chi connectivity index (χ1v) is 10.1. The van der Waals surface area contributed by atoms with Crippen molar-refractivity contribution in [2.24, 2.45) is 5.92 Å². The molecule has 1 aliphatic heterocycles. The van der Waals surface area contributed by atoms with Gasteiger partial charge in [-0.25, -0.2) is 0 Å². The number of alkyl halides is 3. The molecule has 0 bridgehead atoms. The smallest absolute Gasteiger partial charge is 0.416 e. The Bertz CT molecular complexity index is 963. The Morgan fingerprint density at radius 3 is 2.31 bits per heavy atom. The van der Waals surface area contributed by atoms with Gasteiger partial charge in [-0.15, -0.1) is 0 Å². The van der Waals surface area contributed by atoms with Crippen LogP contribution in [0, 0.1) is 5.92 Å². The number of piperidine rings is 1. The van der Waals surface area contributed by atoms with Gasteiger partial charge in [0.1, 0.15) is 0 Å². The number of carboxylic acids is 1. The van der Waals surface area contributed by atoms with Crippen LogP contribution < -0.4 is 14.2 Å². The molecule has 32 heavy (non-hydrogen) atoms. The molecule has 0 radical (unpaired) electrons. The third-order valence-electron chi connectivity index (χ3n) is 5.76. The number of likely N-dealkylation sites (tertiary alicyclic amines) is 1. The van der Waals surface area contributed by atoms with Crippen LogP contribution in [0.4, 0.5) is 13.2 Å². The number of rotatable bonds is 7. The van der Waals surface area contributed by atoms with E-state index in [0.29, 0.717) is 30.7 Å². The van der Waals surface area contributed by atoms with E-state index in [0.717, 1.165) is 6.07 Å². The van der Waals surface area contributed by atoms with Gasteiger partial charge in [0, 0.05) is 12.1 Å². The zero-order chi connectivity index (χ0) is 23.5. The molecular weight excluding hydrogens is 427 g/mol. The fourth-order valence-corrected chi connectivity index (χ4v) is 4.34. The summed E-state index contributed by atoms with van der Waals surface area (Å²) in [6.07, 6.45) is -3.56. The van der Waals surface area contributed by atoms with Gasteiger partial charge in [-0.05, 0) is 43.1 Å². The summed E-state index contributed by atoms with van der Waals surface area (Å²) >= 11 is 0. The van der Waals surface area contributed by atoms with Crippen molar-refractivity contribution < 1.29 is 37.3 Å². The summed E-state index contributed by atoms with van der Waals surface area (Å²) in [5.74, 6) is -0.759. The van der Waals surface area contributed by atoms with Crippen LogP contribution in [-0.2, 0) is 11.0 Å². The molecular formula is C23H26F3NO5. The number of aliphatic carboxylic acids is 1. The minimum Gasteiger partial charge on any atom is -0.493 e. The molecule has 0 aliphatic carbocycles. The lowest BCUT2D eigenvalue weighted by atomic mass is 9.88. The Balaban J connectivity index is 2.25. The maximum atomic E-state index is 14.0. The number of hydrogen-bond donors (Lipinski definition) is 1. The molecule has 1 heterocycles. The Morgan fingerprint density at radius 1 is 1.03 bits per heavy atom. The van der Waals surface area contributed by atoms with Gasteiger partial charge in [-0.2, -0.15) is 13.2 Å². The molecule has 1 aliphatic rings. The van der Waals surface area contributed by atoms with Crippen molar-refractivity contribution in [1.82, 2.24) is 4.90 Å². The molecule has 174 valence electrons. The summed E-state index contributed by atoms with van der Waals surface area (Å²) in [4.78, 5) is 13.4. The van der Waals surface area contributed by atoms with Crippen molar-refractivity contribution in [1.29, 1.82) is 0 Å². The summed E-state index contributed by atoms with van der Waals surface area (Å²) in [7, 11) is 4.28. The summed E-state index contributed by atoms with van der Waals surface area (Å²) < 4.78 is 58.2. The molecule has 2 unspecified atom stereocenters. The normalized spacial score (nSPS) is 18.1. The number of halogens is 3. The second-order valence-electron chi connectivity index (χ2n) is 7.58. The van der Waals surface area contributed by atoms with Crippen LogP contribution in [0.5, 0.6) is 17.2 Å². The lowest BCUT2D eigenvalue weighted by Crippen LogP contribution is -2.42. The molecule has 1 N–H and O–H groups in total. The van der Waals surface area contributed by atoms with Crippen LogP contribution in [-0.4, -0.2) is 50.4 Å². The van der Waals surface area contributed by atoms with Crippen LogP contribution >= 0.6 is 0 Å². The van der Waals surface area contributed by atoms with E-state index in [1.165, 1.54) is 33.5 Å². The number of carbonyl (C=O) groups is 1. The van der Waals surface area contributed by atoms with Gasteiger partial charge >= 0.3 is 12.1 Å². The average molecular weight is 453 g/mol. The molecule has 3 rings (SSSR count). The van der Waals surface area contributed by atoms with Crippen molar-refractivity contribution >= 4 is 5.97 Å². The Kier molecular flexibility index (Phi) is 7.18. The average Bonchev–Trinajstić information content (AvgIpc) is 2.78. The highest BCUT2D eigenvalue weighted by atomic mass is 19.4. The highest BCUT2D eigenvalue weighted by Crippen LogP contribution is 2.48. The topological polar surface area (TPSA) is 68.2 Å². The van der Waals surface area contributed by atoms with Gasteiger partial charge in [-0.1, -0.05) is 18.2 Å². The van der Waals surface area contributed by atoms with E-state index in [1.807, 2.05) is 0 Å². The first-order chi connectivity index (χ1) is 15.2. The van der Waals surface area contributed by atoms with E-state index >= 15 is 0 Å². The highest BCUT2D eigenvalue weighted by Gasteiger charge is 2.40. The minimum absolute atomic E-state index is 0.0246. The van der Waals surface area contributed by atoms with Crippen molar-refractivity contribution in [3.63, 3.8) is 0 Å². The maximum absolute atomic E-state index is 14.0. The summed E-state index contributed by atoms with van der Waals surface area (Å²) in [5, 5.41) is 9.55. The highest BCUT2D eigenvalue weighted by molar-refractivity contribution is 5.70. The summed E-state index contributed by atoms with van der Waals surface area (Å²) in [6, 6.07) is 7.70. The molecule has 0 spiro atoms. The van der Waals surface area contributed by atoms with Crippen LogP contribution in [0.15, 0.2) is 36.4 Å². The molecule has 9 heteroatoms. The van der Waals surface area contributed by atoms with Gasteiger partial charge in [0.2, 0.25) is 5.75 Å². The third kappa shape index (κ3) is 4.62. The van der Waals surface area contributed by atoms with E-state index in [9.17, 15) is 23.1 Å². The van der Waals surface area contributed by atoms with E-state index in [4.69, 9.17) is 14.2 Å². The zero-order valence-electron chi connectivity index (χ0n) is 18.1. The fraction of sp³-hybridized carbons (Fsp3) is 0.435. The largest absolute Gasteiger partial charge is 0.493 e. The standard InChI is InChI=1S/C23H26F3NO5/c1-30-18-11-10-16(20(31-2)21(18)32-3)19(27-12-6-7-14(13-27)22(28)29)15-8-4-5-9-17(15)23(24,25)26/h4-5,8-11,14,19H,6-7,12-13H2,1-3H3,(H,28,29). The quantitative estimate of drug-likeness (QED) is 0.660. The van der Waals surface area contributed by atoms with Crippen molar-refractivity contribution in [3.8, 4) is 17.2 Å². The molecule has 0 amide bonds. The molecule has 1 fully saturated rings. The molecule has 2 atom stereocenters. The van der Waals surface area contributed by atoms with Crippen molar-refractivity contribution in [3.05, 3.63) is 53.1 Å². The summed E-state index contributed by atoms with van der Waals surface area (Å²) in [5.41, 5.74) is -0.316. The zero-order valence-corrected chi connectivity index (χ0v) is 18.1. The molecule has 0 aromatic heterocycles. The van der Waals surface area contributed by atoms with E-state index in [1.54, 1.807) is 23.1 Å². The minimum atomic E-state index is -4.58. The van der Waals surface area contributed by atoms with Gasteiger partial charge < -0.3 is 19.3 Å². The van der Waals surface area contributed by atoms with Gasteiger partial charge in [-0.3, -0.25) is 9.69 Å². The van der Waals surface area contributed by atoms with Crippen LogP contribution in [0.3, 0.4) is 0 Å². The Hall–Kier alpha value is -2.94. The number of carboxylic acid groups (broad SMARTS) is 1. The second kappa shape index (κ2) is 9.68. The SMILES string of the molecule is COc1ccc(C(c2ccccc2C(F)(F)F)N2CCCC(C(=O)O)C2)c(OC)c1OC. The maximum Gasteiger partial charge on any atom is 0.416 e. The predicted octanol–water partition coefficient (Wildman–Crippen LogP) is 4.62. The van der Waals surface area contributed by atoms with Crippen molar-refractivity contribution in [2.75, 3.05) is 34.4 Å². The second-order valence-corrected chi connectivity index (χ2v) is 7.58. The summed E-state index contributed by atoms with van der Waals surface area (Å²) in [6.45, 7) is 0.557. The number of methoxy groups -OCH3 is 3.